The Kier molecular flexibility index (Phi) is 5.62. The lowest BCUT2D eigenvalue weighted by Crippen LogP contribution is -2.31. The topological polar surface area (TPSA) is 71.8 Å². The van der Waals surface area contributed by atoms with E-state index in [1.165, 1.54) is 0 Å². The molecule has 0 fully saturated rings. The van der Waals surface area contributed by atoms with Gasteiger partial charge in [-0.15, -0.1) is 5.10 Å². The number of carbonyl (C=O) groups is 1. The summed E-state index contributed by atoms with van der Waals surface area (Å²) >= 11 is 13.0. The molecule has 2 N–H and O–H groups in total. The zero-order valence-electron chi connectivity index (χ0n) is 17.6. The van der Waals surface area contributed by atoms with Crippen molar-refractivity contribution in [3.05, 3.63) is 106 Å². The maximum Gasteiger partial charge on any atom is 0.255 e. The van der Waals surface area contributed by atoms with Crippen LogP contribution in [0.1, 0.15) is 18.5 Å². The van der Waals surface area contributed by atoms with Gasteiger partial charge in [-0.1, -0.05) is 71.7 Å². The van der Waals surface area contributed by atoms with Crippen LogP contribution in [-0.4, -0.2) is 20.7 Å². The van der Waals surface area contributed by atoms with Gasteiger partial charge in [0.15, 0.2) is 5.82 Å². The van der Waals surface area contributed by atoms with Gasteiger partial charge >= 0.3 is 0 Å². The zero-order valence-corrected chi connectivity index (χ0v) is 19.1. The van der Waals surface area contributed by atoms with Gasteiger partial charge in [0.25, 0.3) is 5.91 Å². The van der Waals surface area contributed by atoms with Crippen molar-refractivity contribution >= 4 is 40.7 Å². The van der Waals surface area contributed by atoms with Crippen molar-refractivity contribution in [1.29, 1.82) is 0 Å². The van der Waals surface area contributed by atoms with E-state index >= 15 is 0 Å². The van der Waals surface area contributed by atoms with Gasteiger partial charge in [0.05, 0.1) is 10.6 Å². The highest BCUT2D eigenvalue weighted by atomic mass is 35.5. The number of carbonyl (C=O) groups excluding carboxylic acids is 1. The van der Waals surface area contributed by atoms with E-state index in [0.29, 0.717) is 44.3 Å². The molecule has 2 heterocycles. The van der Waals surface area contributed by atoms with E-state index < -0.39 is 6.04 Å². The number of benzene rings is 3. The lowest BCUT2D eigenvalue weighted by molar-refractivity contribution is -0.113. The molecule has 164 valence electrons. The van der Waals surface area contributed by atoms with Crippen LogP contribution in [0.4, 0.5) is 11.6 Å². The van der Waals surface area contributed by atoms with Crippen LogP contribution in [0.25, 0.3) is 11.4 Å². The second-order valence-corrected chi connectivity index (χ2v) is 8.41. The highest BCUT2D eigenvalue weighted by Gasteiger charge is 2.35. The Morgan fingerprint density at radius 1 is 0.939 bits per heavy atom. The number of amides is 1. The summed E-state index contributed by atoms with van der Waals surface area (Å²) in [5.41, 5.74) is 3.31. The number of hydrogen-bond acceptors (Lipinski definition) is 4. The smallest absolute Gasteiger partial charge is 0.255 e. The third kappa shape index (κ3) is 3.99. The number of halogens is 2. The first kappa shape index (κ1) is 21.2. The van der Waals surface area contributed by atoms with Crippen molar-refractivity contribution in [3.8, 4) is 11.4 Å². The molecule has 0 radical (unpaired) electrons. The quantitative estimate of drug-likeness (QED) is 0.369. The minimum Gasteiger partial charge on any atom is -0.328 e. The van der Waals surface area contributed by atoms with Crippen molar-refractivity contribution in [1.82, 2.24) is 14.8 Å². The molecule has 8 heteroatoms. The first-order chi connectivity index (χ1) is 16.0. The molecule has 33 heavy (non-hydrogen) atoms. The summed E-state index contributed by atoms with van der Waals surface area (Å²) in [5, 5.41) is 12.0. The molecule has 0 aliphatic carbocycles. The number of allylic oxidation sites excluding steroid dienone is 1. The number of hydrogen-bond donors (Lipinski definition) is 2. The molecule has 1 amide bonds. The van der Waals surface area contributed by atoms with E-state index in [1.54, 1.807) is 16.8 Å². The molecule has 1 unspecified atom stereocenters. The van der Waals surface area contributed by atoms with Crippen molar-refractivity contribution < 1.29 is 4.79 Å². The lowest BCUT2D eigenvalue weighted by Gasteiger charge is -2.29. The number of aromatic nitrogens is 3. The Morgan fingerprint density at radius 3 is 2.33 bits per heavy atom. The van der Waals surface area contributed by atoms with Crippen molar-refractivity contribution in [2.45, 2.75) is 13.0 Å². The molecule has 4 aromatic rings. The highest BCUT2D eigenvalue weighted by molar-refractivity contribution is 6.33. The van der Waals surface area contributed by atoms with Gasteiger partial charge in [-0.2, -0.15) is 4.98 Å². The van der Waals surface area contributed by atoms with Gasteiger partial charge in [-0.05, 0) is 37.3 Å². The van der Waals surface area contributed by atoms with Crippen LogP contribution in [0.3, 0.4) is 0 Å². The summed E-state index contributed by atoms with van der Waals surface area (Å²) in [6, 6.07) is 23.5. The number of fused-ring (bicyclic) bond motifs is 1. The van der Waals surface area contributed by atoms with E-state index in [-0.39, 0.29) is 5.91 Å². The van der Waals surface area contributed by atoms with Crippen LogP contribution in [0.5, 0.6) is 0 Å². The molecular formula is C25H19Cl2N5O. The number of rotatable bonds is 4. The van der Waals surface area contributed by atoms with Crippen LogP contribution in [-0.2, 0) is 4.79 Å². The molecule has 0 saturated heterocycles. The zero-order chi connectivity index (χ0) is 22.9. The molecule has 1 aliphatic heterocycles. The van der Waals surface area contributed by atoms with Crippen LogP contribution >= 0.6 is 23.2 Å². The van der Waals surface area contributed by atoms with E-state index in [0.717, 1.165) is 5.56 Å². The van der Waals surface area contributed by atoms with Gasteiger partial charge < -0.3 is 10.6 Å². The molecular weight excluding hydrogens is 457 g/mol. The van der Waals surface area contributed by atoms with Crippen molar-refractivity contribution in [2.24, 2.45) is 0 Å². The van der Waals surface area contributed by atoms with Crippen LogP contribution in [0, 0.1) is 0 Å². The number of nitrogens with zero attached hydrogens (tertiary/aromatic N) is 3. The maximum atomic E-state index is 13.5. The van der Waals surface area contributed by atoms with Crippen molar-refractivity contribution in [3.63, 3.8) is 0 Å². The molecule has 0 bridgehead atoms. The maximum absolute atomic E-state index is 13.5. The van der Waals surface area contributed by atoms with Gasteiger partial charge in [-0.25, -0.2) is 4.68 Å². The third-order valence-corrected chi connectivity index (χ3v) is 6.12. The number of anilines is 2. The summed E-state index contributed by atoms with van der Waals surface area (Å²) in [6.07, 6.45) is 0. The summed E-state index contributed by atoms with van der Waals surface area (Å²) in [6.45, 7) is 1.84. The highest BCUT2D eigenvalue weighted by Crippen LogP contribution is 2.39. The van der Waals surface area contributed by atoms with Gasteiger partial charge in [-0.3, -0.25) is 4.79 Å². The number of para-hydroxylation sites is 1. The largest absolute Gasteiger partial charge is 0.328 e. The molecule has 3 aromatic carbocycles. The Hall–Kier alpha value is -3.61. The summed E-state index contributed by atoms with van der Waals surface area (Å²) in [5.74, 6) is 0.706. The minimum absolute atomic E-state index is 0.253. The van der Waals surface area contributed by atoms with Gasteiger partial charge in [0.2, 0.25) is 5.95 Å². The molecule has 5 rings (SSSR count). The van der Waals surface area contributed by atoms with E-state index in [2.05, 4.69) is 15.6 Å². The molecule has 6 nitrogen and oxygen atoms in total. The minimum atomic E-state index is -0.581. The Bertz CT molecular complexity index is 1380. The monoisotopic (exact) mass is 475 g/mol. The van der Waals surface area contributed by atoms with Crippen LogP contribution in [0.2, 0.25) is 10.0 Å². The summed E-state index contributed by atoms with van der Waals surface area (Å²) in [4.78, 5) is 18.1. The molecule has 0 spiro atoms. The number of nitrogens with one attached hydrogen (secondary N) is 2. The Balaban J connectivity index is 1.64. The third-order valence-electron chi connectivity index (χ3n) is 5.44. The second kappa shape index (κ2) is 8.73. The summed E-state index contributed by atoms with van der Waals surface area (Å²) in [7, 11) is 0. The average molecular weight is 476 g/mol. The average Bonchev–Trinajstić information content (AvgIpc) is 3.23. The van der Waals surface area contributed by atoms with Gasteiger partial charge in [0, 0.05) is 27.5 Å². The normalized spacial score (nSPS) is 15.1. The van der Waals surface area contributed by atoms with E-state index in [9.17, 15) is 4.79 Å². The molecule has 1 atom stereocenters. The Labute approximate surface area is 200 Å². The first-order valence-electron chi connectivity index (χ1n) is 10.3. The standard InChI is InChI=1S/C25H19Cl2N5O/c1-15-21(24(33)29-16-9-3-2-4-10-16)22(17-11-5-7-13-19(17)26)32-25(28-15)30-23(31-32)18-12-6-8-14-20(18)27/h2-14,22H,1H3,(H,29,33)(H,28,30,31). The fraction of sp³-hybridized carbons (Fsp3) is 0.0800. The Morgan fingerprint density at radius 2 is 1.61 bits per heavy atom. The van der Waals surface area contributed by atoms with Crippen LogP contribution < -0.4 is 10.6 Å². The summed E-state index contributed by atoms with van der Waals surface area (Å²) < 4.78 is 1.69. The van der Waals surface area contributed by atoms with Crippen molar-refractivity contribution in [2.75, 3.05) is 10.6 Å². The van der Waals surface area contributed by atoms with Gasteiger partial charge in [0.1, 0.15) is 6.04 Å². The molecule has 1 aromatic heterocycles. The fourth-order valence-corrected chi connectivity index (χ4v) is 4.37. The van der Waals surface area contributed by atoms with E-state index in [4.69, 9.17) is 28.3 Å². The SMILES string of the molecule is CC1=C(C(=O)Nc2ccccc2)C(c2ccccc2Cl)n2nc(-c3ccccc3Cl)nc2N1. The second-order valence-electron chi connectivity index (χ2n) is 7.59. The molecule has 1 aliphatic rings. The van der Waals surface area contributed by atoms with Crippen LogP contribution in [0.15, 0.2) is 90.1 Å². The first-order valence-corrected chi connectivity index (χ1v) is 11.1. The lowest BCUT2D eigenvalue weighted by atomic mass is 9.95. The molecule has 0 saturated carbocycles. The fourth-order valence-electron chi connectivity index (χ4n) is 3.91. The van der Waals surface area contributed by atoms with E-state index in [1.807, 2.05) is 73.7 Å². The predicted octanol–water partition coefficient (Wildman–Crippen LogP) is 6.18. The predicted molar refractivity (Wildman–Crippen MR) is 131 cm³/mol.